The lowest BCUT2D eigenvalue weighted by Crippen LogP contribution is -2.25. The van der Waals surface area contributed by atoms with E-state index in [1.54, 1.807) is 25.7 Å². The average Bonchev–Trinajstić information content (AvgIpc) is 3.37. The Hall–Kier alpha value is -3.96. The van der Waals surface area contributed by atoms with Crippen LogP contribution in [-0.2, 0) is 18.9 Å². The summed E-state index contributed by atoms with van der Waals surface area (Å²) in [5.41, 5.74) is 1.63. The van der Waals surface area contributed by atoms with Gasteiger partial charge >= 0.3 is 5.97 Å². The molecule has 0 saturated carbocycles. The maximum atomic E-state index is 12.8. The molecule has 1 unspecified atom stereocenters. The van der Waals surface area contributed by atoms with Gasteiger partial charge in [-0.3, -0.25) is 19.0 Å². The molecule has 29 heavy (non-hydrogen) atoms. The number of rotatable bonds is 6. The van der Waals surface area contributed by atoms with Gasteiger partial charge < -0.3 is 15.7 Å². The van der Waals surface area contributed by atoms with Crippen LogP contribution in [0.25, 0.3) is 0 Å². The predicted molar refractivity (Wildman–Crippen MR) is 102 cm³/mol. The van der Waals surface area contributed by atoms with E-state index in [0.717, 1.165) is 10.4 Å². The second-order valence-electron chi connectivity index (χ2n) is 6.38. The third-order valence-electron chi connectivity index (χ3n) is 4.51. The number of amides is 2. The van der Waals surface area contributed by atoms with Crippen LogP contribution in [-0.4, -0.2) is 52.2 Å². The van der Waals surface area contributed by atoms with E-state index < -0.39 is 23.8 Å². The first-order valence-corrected chi connectivity index (χ1v) is 8.60. The van der Waals surface area contributed by atoms with E-state index in [1.165, 1.54) is 36.3 Å². The minimum Gasteiger partial charge on any atom is -0.480 e. The maximum absolute atomic E-state index is 12.8. The van der Waals surface area contributed by atoms with Gasteiger partial charge in [-0.05, 0) is 19.9 Å². The van der Waals surface area contributed by atoms with Crippen LogP contribution in [0.4, 0.5) is 11.4 Å². The molecule has 0 saturated heterocycles. The Morgan fingerprint density at radius 2 is 1.62 bits per heavy atom. The minimum absolute atomic E-state index is 0.0400. The van der Waals surface area contributed by atoms with Crippen molar-refractivity contribution in [1.82, 2.24) is 29.3 Å². The summed E-state index contributed by atoms with van der Waals surface area (Å²) in [5.74, 6) is -2.23. The van der Waals surface area contributed by atoms with E-state index >= 15 is 0 Å². The van der Waals surface area contributed by atoms with Gasteiger partial charge in [0, 0.05) is 20.3 Å². The molecule has 3 aromatic heterocycles. The van der Waals surface area contributed by atoms with Crippen molar-refractivity contribution in [3.05, 3.63) is 41.7 Å². The molecule has 12 heteroatoms. The average molecular weight is 400 g/mol. The van der Waals surface area contributed by atoms with Crippen LogP contribution < -0.4 is 10.6 Å². The van der Waals surface area contributed by atoms with E-state index in [-0.39, 0.29) is 17.1 Å². The standard InChI is InChI=1S/C17H20N8O4/c1-9-11(7-19-23(9)3)21-16(27)14-12(8-20-24(14)4)22-15(26)13-5-6-18-25(13)10(2)17(28)29/h5-8,10H,1-4H3,(H,21,27)(H,22,26)(H,28,29). The number of carboxylic acids is 1. The molecule has 0 aromatic carbocycles. The zero-order valence-corrected chi connectivity index (χ0v) is 16.2. The van der Waals surface area contributed by atoms with Crippen LogP contribution in [0.2, 0.25) is 0 Å². The van der Waals surface area contributed by atoms with Gasteiger partial charge in [-0.15, -0.1) is 0 Å². The number of hydrogen-bond acceptors (Lipinski definition) is 6. The lowest BCUT2D eigenvalue weighted by atomic mass is 10.2. The van der Waals surface area contributed by atoms with Crippen LogP contribution in [0.5, 0.6) is 0 Å². The SMILES string of the molecule is Cc1c(NC(=O)c2c(NC(=O)c3ccnn3C(C)C(=O)O)cnn2C)cnn1C. The Bertz CT molecular complexity index is 1090. The molecular formula is C17H20N8O4. The van der Waals surface area contributed by atoms with Gasteiger partial charge in [-0.2, -0.15) is 15.3 Å². The Morgan fingerprint density at radius 1 is 1.00 bits per heavy atom. The van der Waals surface area contributed by atoms with E-state index in [1.807, 2.05) is 0 Å². The summed E-state index contributed by atoms with van der Waals surface area (Å²) < 4.78 is 4.03. The van der Waals surface area contributed by atoms with Crippen LogP contribution >= 0.6 is 0 Å². The fourth-order valence-electron chi connectivity index (χ4n) is 2.69. The highest BCUT2D eigenvalue weighted by atomic mass is 16.4. The molecule has 2 amide bonds. The van der Waals surface area contributed by atoms with E-state index in [2.05, 4.69) is 25.9 Å². The number of nitrogens with zero attached hydrogens (tertiary/aromatic N) is 6. The number of anilines is 2. The van der Waals surface area contributed by atoms with Crippen molar-refractivity contribution in [2.24, 2.45) is 14.1 Å². The first-order chi connectivity index (χ1) is 13.7. The fraction of sp³-hybridized carbons (Fsp3) is 0.294. The smallest absolute Gasteiger partial charge is 0.328 e. The third-order valence-corrected chi connectivity index (χ3v) is 4.51. The highest BCUT2D eigenvalue weighted by Crippen LogP contribution is 2.20. The number of hydrogen-bond donors (Lipinski definition) is 3. The molecule has 3 N–H and O–H groups in total. The van der Waals surface area contributed by atoms with Gasteiger partial charge in [-0.1, -0.05) is 0 Å². The molecule has 3 heterocycles. The van der Waals surface area contributed by atoms with Gasteiger partial charge in [0.15, 0.2) is 0 Å². The van der Waals surface area contributed by atoms with Crippen molar-refractivity contribution >= 4 is 29.2 Å². The van der Waals surface area contributed by atoms with Crippen molar-refractivity contribution in [2.75, 3.05) is 10.6 Å². The van der Waals surface area contributed by atoms with Crippen LogP contribution in [0.3, 0.4) is 0 Å². The largest absolute Gasteiger partial charge is 0.480 e. The van der Waals surface area contributed by atoms with Crippen molar-refractivity contribution in [3.8, 4) is 0 Å². The first kappa shape index (κ1) is 19.8. The Labute approximate surface area is 165 Å². The summed E-state index contributed by atoms with van der Waals surface area (Å²) >= 11 is 0. The number of carbonyl (C=O) groups is 3. The van der Waals surface area contributed by atoms with Crippen LogP contribution in [0, 0.1) is 6.92 Å². The molecule has 0 radical (unpaired) electrons. The Balaban J connectivity index is 1.84. The van der Waals surface area contributed by atoms with E-state index in [9.17, 15) is 14.4 Å². The monoisotopic (exact) mass is 400 g/mol. The number of nitrogens with one attached hydrogen (secondary N) is 2. The van der Waals surface area contributed by atoms with Crippen molar-refractivity contribution in [1.29, 1.82) is 0 Å². The zero-order valence-electron chi connectivity index (χ0n) is 16.2. The first-order valence-electron chi connectivity index (χ1n) is 8.60. The molecule has 0 aliphatic rings. The second kappa shape index (κ2) is 7.58. The summed E-state index contributed by atoms with van der Waals surface area (Å²) in [6, 6.07) is 0.361. The summed E-state index contributed by atoms with van der Waals surface area (Å²) in [5, 5.41) is 26.5. The molecule has 0 fully saturated rings. The van der Waals surface area contributed by atoms with Gasteiger partial charge in [0.1, 0.15) is 17.4 Å². The molecule has 1 atom stereocenters. The lowest BCUT2D eigenvalue weighted by molar-refractivity contribution is -0.140. The molecular weight excluding hydrogens is 380 g/mol. The number of aliphatic carboxylic acids is 1. The highest BCUT2D eigenvalue weighted by Gasteiger charge is 2.24. The maximum Gasteiger partial charge on any atom is 0.328 e. The quantitative estimate of drug-likeness (QED) is 0.554. The fourth-order valence-corrected chi connectivity index (χ4v) is 2.69. The summed E-state index contributed by atoms with van der Waals surface area (Å²) in [6.07, 6.45) is 4.19. The molecule has 12 nitrogen and oxygen atoms in total. The van der Waals surface area contributed by atoms with Crippen molar-refractivity contribution in [3.63, 3.8) is 0 Å². The second-order valence-corrected chi connectivity index (χ2v) is 6.38. The topological polar surface area (TPSA) is 149 Å². The minimum atomic E-state index is -1.13. The molecule has 152 valence electrons. The number of aryl methyl sites for hydroxylation is 2. The lowest BCUT2D eigenvalue weighted by Gasteiger charge is -2.12. The van der Waals surface area contributed by atoms with E-state index in [4.69, 9.17) is 5.11 Å². The molecule has 3 rings (SSSR count). The van der Waals surface area contributed by atoms with Gasteiger partial charge in [-0.25, -0.2) is 9.48 Å². The van der Waals surface area contributed by atoms with Gasteiger partial charge in [0.05, 0.1) is 29.5 Å². The molecule has 0 spiro atoms. The Morgan fingerprint density at radius 3 is 2.24 bits per heavy atom. The molecule has 3 aromatic rings. The zero-order chi connectivity index (χ0) is 21.3. The highest BCUT2D eigenvalue weighted by molar-refractivity contribution is 6.11. The van der Waals surface area contributed by atoms with Gasteiger partial charge in [0.2, 0.25) is 0 Å². The number of carbonyl (C=O) groups excluding carboxylic acids is 2. The molecule has 0 aliphatic carbocycles. The van der Waals surface area contributed by atoms with E-state index in [0.29, 0.717) is 5.69 Å². The predicted octanol–water partition coefficient (Wildman–Crippen LogP) is 0.809. The number of aromatic nitrogens is 6. The molecule has 0 bridgehead atoms. The van der Waals surface area contributed by atoms with Crippen LogP contribution in [0.1, 0.15) is 39.6 Å². The Kier molecular flexibility index (Phi) is 5.17. The normalized spacial score (nSPS) is 11.9. The third kappa shape index (κ3) is 3.72. The summed E-state index contributed by atoms with van der Waals surface area (Å²) in [4.78, 5) is 36.6. The van der Waals surface area contributed by atoms with Crippen molar-refractivity contribution in [2.45, 2.75) is 19.9 Å². The summed E-state index contributed by atoms with van der Waals surface area (Å²) in [6.45, 7) is 3.21. The van der Waals surface area contributed by atoms with Gasteiger partial charge in [0.25, 0.3) is 11.8 Å². The molecule has 0 aliphatic heterocycles. The van der Waals surface area contributed by atoms with Crippen molar-refractivity contribution < 1.29 is 19.5 Å². The number of carboxylic acid groups (broad SMARTS) is 1. The summed E-state index contributed by atoms with van der Waals surface area (Å²) in [7, 11) is 3.32. The van der Waals surface area contributed by atoms with Crippen LogP contribution in [0.15, 0.2) is 24.7 Å².